The molecular formula is C6H12BrN3O3S3. The molecule has 0 aliphatic carbocycles. The van der Waals surface area contributed by atoms with Crippen LogP contribution in [-0.2, 0) is 16.7 Å². The normalized spacial score (nSPS) is 11.1. The van der Waals surface area contributed by atoms with Gasteiger partial charge in [-0.3, -0.25) is 9.96 Å². The zero-order chi connectivity index (χ0) is 11.5. The van der Waals surface area contributed by atoms with Crippen LogP contribution in [-0.4, -0.2) is 34.3 Å². The van der Waals surface area contributed by atoms with E-state index in [2.05, 4.69) is 5.10 Å². The van der Waals surface area contributed by atoms with Gasteiger partial charge in [0.2, 0.25) is 4.80 Å². The van der Waals surface area contributed by atoms with Crippen molar-refractivity contribution < 1.29 is 13.0 Å². The van der Waals surface area contributed by atoms with Crippen molar-refractivity contribution in [1.29, 1.82) is 5.41 Å². The highest BCUT2D eigenvalue weighted by Gasteiger charge is 2.08. The first-order valence-electron chi connectivity index (χ1n) is 4.13. The van der Waals surface area contributed by atoms with Crippen LogP contribution >= 0.6 is 40.1 Å². The van der Waals surface area contributed by atoms with Crippen LogP contribution in [0.3, 0.4) is 0 Å². The van der Waals surface area contributed by atoms with E-state index in [1.54, 1.807) is 0 Å². The van der Waals surface area contributed by atoms with Gasteiger partial charge in [-0.1, -0.05) is 30.0 Å². The van der Waals surface area contributed by atoms with E-state index in [1.807, 2.05) is 6.92 Å². The number of thioether (sulfide) groups is 1. The lowest BCUT2D eigenvalue weighted by Crippen LogP contribution is -2.20. The first kappa shape index (κ1) is 16.1. The topological polar surface area (TPSA) is 96.0 Å². The van der Waals surface area contributed by atoms with Crippen LogP contribution in [0.4, 0.5) is 0 Å². The summed E-state index contributed by atoms with van der Waals surface area (Å²) in [5.74, 6) is 0.439. The molecule has 0 saturated heterocycles. The quantitative estimate of drug-likeness (QED) is 0.610. The molecule has 0 aliphatic heterocycles. The molecule has 0 spiro atoms. The zero-order valence-corrected chi connectivity index (χ0v) is 12.6. The molecular weight excluding hydrogens is 338 g/mol. The van der Waals surface area contributed by atoms with Crippen molar-refractivity contribution in [1.82, 2.24) is 9.78 Å². The van der Waals surface area contributed by atoms with Gasteiger partial charge in [-0.25, -0.2) is 4.68 Å². The minimum atomic E-state index is -3.99. The first-order valence-corrected chi connectivity index (χ1v) is 7.54. The lowest BCUT2D eigenvalue weighted by molar-refractivity contribution is 0.473. The summed E-state index contributed by atoms with van der Waals surface area (Å²) in [6, 6.07) is 0. The Hall–Kier alpha value is 0.1000. The second-order valence-electron chi connectivity index (χ2n) is 2.62. The highest BCUT2D eigenvalue weighted by Crippen LogP contribution is 2.16. The maximum Gasteiger partial charge on any atom is 0.266 e. The Morgan fingerprint density at radius 3 is 2.75 bits per heavy atom. The molecule has 16 heavy (non-hydrogen) atoms. The third-order valence-corrected chi connectivity index (χ3v) is 4.03. The molecule has 0 atom stereocenters. The van der Waals surface area contributed by atoms with Crippen molar-refractivity contribution in [3.63, 3.8) is 0 Å². The zero-order valence-electron chi connectivity index (χ0n) is 8.41. The fourth-order valence-electron chi connectivity index (χ4n) is 0.835. The van der Waals surface area contributed by atoms with Crippen LogP contribution in [0.5, 0.6) is 0 Å². The van der Waals surface area contributed by atoms with E-state index >= 15 is 0 Å². The smallest absolute Gasteiger partial charge is 0.266 e. The van der Waals surface area contributed by atoms with E-state index in [-0.39, 0.29) is 28.3 Å². The Morgan fingerprint density at radius 2 is 2.25 bits per heavy atom. The van der Waals surface area contributed by atoms with E-state index in [0.29, 0.717) is 0 Å². The molecule has 0 aliphatic rings. The van der Waals surface area contributed by atoms with E-state index in [1.165, 1.54) is 27.8 Å². The highest BCUT2D eigenvalue weighted by atomic mass is 79.9. The maximum absolute atomic E-state index is 10.5. The number of rotatable bonds is 5. The van der Waals surface area contributed by atoms with Gasteiger partial charge in [0, 0.05) is 0 Å². The Bertz CT molecular complexity index is 481. The Morgan fingerprint density at radius 1 is 1.62 bits per heavy atom. The van der Waals surface area contributed by atoms with Crippen LogP contribution in [0.2, 0.25) is 0 Å². The standard InChI is InChI=1S/C6H11N3O3S3.BrH/c1-2-13-6-8-9(5(7)14-6)3-4-15(10,11)12;/h7H,2-4H2,1H3,(H,10,11,12);1H. The number of hydrogen-bond acceptors (Lipinski definition) is 6. The third kappa shape index (κ3) is 5.43. The summed E-state index contributed by atoms with van der Waals surface area (Å²) in [6.07, 6.45) is 0. The van der Waals surface area contributed by atoms with Crippen molar-refractivity contribution in [3.05, 3.63) is 4.80 Å². The molecule has 1 aromatic heterocycles. The molecule has 2 N–H and O–H groups in total. The Kier molecular flexibility index (Phi) is 6.79. The van der Waals surface area contributed by atoms with Crippen molar-refractivity contribution in [2.24, 2.45) is 0 Å². The lowest BCUT2D eigenvalue weighted by atomic mass is 10.8. The minimum absolute atomic E-state index is 0. The molecule has 0 unspecified atom stereocenters. The highest BCUT2D eigenvalue weighted by molar-refractivity contribution is 8.93. The van der Waals surface area contributed by atoms with Gasteiger partial charge in [0.05, 0.1) is 12.3 Å². The number of aromatic nitrogens is 2. The van der Waals surface area contributed by atoms with E-state index in [0.717, 1.165) is 10.1 Å². The van der Waals surface area contributed by atoms with Gasteiger partial charge in [0.25, 0.3) is 10.1 Å². The molecule has 94 valence electrons. The Labute approximate surface area is 112 Å². The van der Waals surface area contributed by atoms with Gasteiger partial charge in [0.1, 0.15) is 0 Å². The number of nitrogens with zero attached hydrogens (tertiary/aromatic N) is 2. The molecule has 0 fully saturated rings. The van der Waals surface area contributed by atoms with Crippen LogP contribution in [0.1, 0.15) is 6.92 Å². The SMILES string of the molecule is Br.CCSc1nn(CCS(=O)(=O)O)c(=N)s1. The Balaban J connectivity index is 0.00000225. The third-order valence-electron chi connectivity index (χ3n) is 1.45. The summed E-state index contributed by atoms with van der Waals surface area (Å²) in [4.78, 5) is 0.189. The average molecular weight is 350 g/mol. The monoisotopic (exact) mass is 349 g/mol. The fourth-order valence-corrected chi connectivity index (χ4v) is 3.01. The first-order chi connectivity index (χ1) is 6.92. The molecule has 1 aromatic rings. The van der Waals surface area contributed by atoms with Gasteiger partial charge in [0.15, 0.2) is 4.34 Å². The predicted octanol–water partition coefficient (Wildman–Crippen LogP) is 1.00. The van der Waals surface area contributed by atoms with Gasteiger partial charge >= 0.3 is 0 Å². The molecule has 1 rings (SSSR count). The second-order valence-corrected chi connectivity index (χ2v) is 6.68. The number of nitrogens with one attached hydrogen (secondary N) is 1. The summed E-state index contributed by atoms with van der Waals surface area (Å²) in [6.45, 7) is 1.98. The summed E-state index contributed by atoms with van der Waals surface area (Å²) < 4.78 is 31.6. The number of aryl methyl sites for hydroxylation is 1. The van der Waals surface area contributed by atoms with Crippen molar-refractivity contribution in [3.8, 4) is 0 Å². The van der Waals surface area contributed by atoms with E-state index < -0.39 is 15.9 Å². The molecule has 0 aromatic carbocycles. The predicted molar refractivity (Wildman–Crippen MR) is 69.1 cm³/mol. The van der Waals surface area contributed by atoms with Gasteiger partial charge in [-0.2, -0.15) is 13.5 Å². The van der Waals surface area contributed by atoms with Crippen molar-refractivity contribution in [2.75, 3.05) is 11.5 Å². The van der Waals surface area contributed by atoms with E-state index in [9.17, 15) is 8.42 Å². The summed E-state index contributed by atoms with van der Waals surface area (Å²) in [5, 5.41) is 11.5. The van der Waals surface area contributed by atoms with Gasteiger partial charge < -0.3 is 0 Å². The lowest BCUT2D eigenvalue weighted by Gasteiger charge is -1.97. The van der Waals surface area contributed by atoms with Crippen LogP contribution < -0.4 is 4.80 Å². The summed E-state index contributed by atoms with van der Waals surface area (Å²) >= 11 is 2.69. The van der Waals surface area contributed by atoms with Crippen molar-refractivity contribution in [2.45, 2.75) is 17.8 Å². The number of halogens is 1. The summed E-state index contributed by atoms with van der Waals surface area (Å²) in [7, 11) is -3.99. The molecule has 0 saturated carbocycles. The van der Waals surface area contributed by atoms with Crippen LogP contribution in [0, 0.1) is 5.41 Å². The average Bonchev–Trinajstić information content (AvgIpc) is 2.42. The molecule has 0 bridgehead atoms. The molecule has 1 heterocycles. The molecule has 6 nitrogen and oxygen atoms in total. The molecule has 0 radical (unpaired) electrons. The largest absolute Gasteiger partial charge is 0.285 e. The van der Waals surface area contributed by atoms with Crippen LogP contribution in [0.25, 0.3) is 0 Å². The fraction of sp³-hybridized carbons (Fsp3) is 0.667. The minimum Gasteiger partial charge on any atom is -0.285 e. The molecule has 0 amide bonds. The summed E-state index contributed by atoms with van der Waals surface area (Å²) in [5.41, 5.74) is 0. The van der Waals surface area contributed by atoms with Gasteiger partial charge in [-0.15, -0.1) is 17.0 Å². The number of hydrogen-bond donors (Lipinski definition) is 2. The maximum atomic E-state index is 10.5. The van der Waals surface area contributed by atoms with Crippen LogP contribution in [0.15, 0.2) is 4.34 Å². The van der Waals surface area contributed by atoms with E-state index in [4.69, 9.17) is 9.96 Å². The second kappa shape index (κ2) is 6.74. The van der Waals surface area contributed by atoms with Crippen molar-refractivity contribution >= 4 is 50.2 Å². The molecule has 10 heteroatoms. The van der Waals surface area contributed by atoms with Gasteiger partial charge in [-0.05, 0) is 5.75 Å².